The molecule has 0 spiro atoms. The average molecular weight is 407 g/mol. The van der Waals surface area contributed by atoms with Crippen molar-refractivity contribution >= 4 is 17.3 Å². The number of ether oxygens (including phenoxy) is 1. The number of nitrogens with one attached hydrogen (secondary N) is 1. The van der Waals surface area contributed by atoms with E-state index in [-0.39, 0.29) is 0 Å². The second-order valence-electron chi connectivity index (χ2n) is 6.19. The van der Waals surface area contributed by atoms with Crippen molar-refractivity contribution in [1.29, 1.82) is 0 Å². The first kappa shape index (κ1) is 20.0. The van der Waals surface area contributed by atoms with E-state index in [1.807, 2.05) is 12.1 Å². The maximum Gasteiger partial charge on any atom is 0.416 e. The zero-order valence-electron chi connectivity index (χ0n) is 14.7. The summed E-state index contributed by atoms with van der Waals surface area (Å²) in [7, 11) is 0. The normalized spacial score (nSPS) is 12.5. The molecule has 3 N–H and O–H groups in total. The molecule has 0 fully saturated rings. The third-order valence-corrected chi connectivity index (χ3v) is 4.32. The molecular formula is C21H18ClF3N2O. The average Bonchev–Trinajstić information content (AvgIpc) is 2.68. The van der Waals surface area contributed by atoms with Crippen molar-refractivity contribution in [3.63, 3.8) is 0 Å². The van der Waals surface area contributed by atoms with Crippen LogP contribution in [-0.2, 0) is 6.18 Å². The molecule has 0 aliphatic rings. The summed E-state index contributed by atoms with van der Waals surface area (Å²) in [6.07, 6.45) is -4.39. The van der Waals surface area contributed by atoms with Crippen molar-refractivity contribution in [1.82, 2.24) is 0 Å². The van der Waals surface area contributed by atoms with Gasteiger partial charge in [0, 0.05) is 23.3 Å². The first-order valence-electron chi connectivity index (χ1n) is 8.51. The Hall–Kier alpha value is -2.70. The minimum Gasteiger partial charge on any atom is -0.457 e. The van der Waals surface area contributed by atoms with Gasteiger partial charge in [-0.15, -0.1) is 0 Å². The van der Waals surface area contributed by atoms with Gasteiger partial charge in [0.25, 0.3) is 0 Å². The van der Waals surface area contributed by atoms with Crippen molar-refractivity contribution in [3.8, 4) is 11.5 Å². The molecule has 28 heavy (non-hydrogen) atoms. The van der Waals surface area contributed by atoms with Gasteiger partial charge in [0.1, 0.15) is 11.5 Å². The Balaban J connectivity index is 1.58. The van der Waals surface area contributed by atoms with E-state index in [1.54, 1.807) is 42.5 Å². The Labute approximate surface area is 165 Å². The molecule has 0 amide bonds. The molecule has 3 nitrogen and oxygen atoms in total. The van der Waals surface area contributed by atoms with Crippen molar-refractivity contribution in [2.75, 3.05) is 11.9 Å². The maximum absolute atomic E-state index is 12.8. The zero-order valence-corrected chi connectivity index (χ0v) is 15.5. The lowest BCUT2D eigenvalue weighted by molar-refractivity contribution is -0.137. The number of rotatable bonds is 6. The van der Waals surface area contributed by atoms with Gasteiger partial charge in [-0.2, -0.15) is 13.2 Å². The SMILES string of the molecule is N[C@H](CNc1ccc(Oc2ccc(Cl)cc2)cc1)c1cccc(C(F)(F)F)c1. The van der Waals surface area contributed by atoms with Gasteiger partial charge in [-0.25, -0.2) is 0 Å². The summed E-state index contributed by atoms with van der Waals surface area (Å²) in [5.74, 6) is 1.31. The van der Waals surface area contributed by atoms with Crippen LogP contribution in [0, 0.1) is 0 Å². The second-order valence-corrected chi connectivity index (χ2v) is 6.63. The highest BCUT2D eigenvalue weighted by Gasteiger charge is 2.30. The van der Waals surface area contributed by atoms with E-state index >= 15 is 0 Å². The predicted molar refractivity (Wildman–Crippen MR) is 105 cm³/mol. The predicted octanol–water partition coefficient (Wildman–Crippen LogP) is 6.26. The van der Waals surface area contributed by atoms with Gasteiger partial charge in [-0.1, -0.05) is 23.7 Å². The largest absolute Gasteiger partial charge is 0.457 e. The summed E-state index contributed by atoms with van der Waals surface area (Å²) < 4.78 is 44.2. The van der Waals surface area contributed by atoms with Crippen LogP contribution < -0.4 is 15.8 Å². The molecule has 0 saturated carbocycles. The van der Waals surface area contributed by atoms with Crippen LogP contribution in [0.1, 0.15) is 17.2 Å². The van der Waals surface area contributed by atoms with Crippen molar-refractivity contribution < 1.29 is 17.9 Å². The van der Waals surface area contributed by atoms with E-state index < -0.39 is 17.8 Å². The van der Waals surface area contributed by atoms with Crippen LogP contribution in [0.3, 0.4) is 0 Å². The van der Waals surface area contributed by atoms with E-state index in [1.165, 1.54) is 6.07 Å². The van der Waals surface area contributed by atoms with Crippen molar-refractivity contribution in [2.45, 2.75) is 12.2 Å². The summed E-state index contributed by atoms with van der Waals surface area (Å²) in [5, 5.41) is 3.75. The molecular weight excluding hydrogens is 389 g/mol. The molecule has 146 valence electrons. The first-order chi connectivity index (χ1) is 13.3. The van der Waals surface area contributed by atoms with Crippen molar-refractivity contribution in [3.05, 3.63) is 88.9 Å². The maximum atomic E-state index is 12.8. The van der Waals surface area contributed by atoms with Crippen LogP contribution in [0.4, 0.5) is 18.9 Å². The van der Waals surface area contributed by atoms with Crippen LogP contribution in [0.2, 0.25) is 5.02 Å². The van der Waals surface area contributed by atoms with E-state index in [0.717, 1.165) is 17.8 Å². The van der Waals surface area contributed by atoms with Crippen LogP contribution in [0.15, 0.2) is 72.8 Å². The number of nitrogens with two attached hydrogens (primary N) is 1. The molecule has 1 atom stereocenters. The first-order valence-corrected chi connectivity index (χ1v) is 8.89. The summed E-state index contributed by atoms with van der Waals surface area (Å²) in [6, 6.07) is 18.7. The van der Waals surface area contributed by atoms with Gasteiger partial charge < -0.3 is 15.8 Å². The minimum atomic E-state index is -4.39. The number of anilines is 1. The second kappa shape index (κ2) is 8.54. The fraction of sp³-hybridized carbons (Fsp3) is 0.143. The number of hydrogen-bond acceptors (Lipinski definition) is 3. The van der Waals surface area contributed by atoms with Gasteiger partial charge in [0.05, 0.1) is 5.56 Å². The fourth-order valence-electron chi connectivity index (χ4n) is 2.57. The third kappa shape index (κ3) is 5.41. The number of halogens is 4. The lowest BCUT2D eigenvalue weighted by Gasteiger charge is -2.16. The fourth-order valence-corrected chi connectivity index (χ4v) is 2.70. The Morgan fingerprint density at radius 1 is 0.929 bits per heavy atom. The summed E-state index contributed by atoms with van der Waals surface area (Å²) in [6.45, 7) is 0.290. The number of benzene rings is 3. The van der Waals surface area contributed by atoms with E-state index in [2.05, 4.69) is 5.32 Å². The van der Waals surface area contributed by atoms with Crippen LogP contribution >= 0.6 is 11.6 Å². The Kier molecular flexibility index (Phi) is 6.11. The molecule has 7 heteroatoms. The highest BCUT2D eigenvalue weighted by atomic mass is 35.5. The Morgan fingerprint density at radius 2 is 1.54 bits per heavy atom. The van der Waals surface area contributed by atoms with E-state index in [4.69, 9.17) is 22.1 Å². The summed E-state index contributed by atoms with van der Waals surface area (Å²) in [4.78, 5) is 0. The van der Waals surface area contributed by atoms with Gasteiger partial charge >= 0.3 is 6.18 Å². The number of alkyl halides is 3. The zero-order chi connectivity index (χ0) is 20.1. The Bertz CT molecular complexity index is 912. The van der Waals surface area contributed by atoms with Crippen molar-refractivity contribution in [2.24, 2.45) is 5.73 Å². The van der Waals surface area contributed by atoms with Gasteiger partial charge in [-0.05, 0) is 66.2 Å². The Morgan fingerprint density at radius 3 is 2.14 bits per heavy atom. The molecule has 0 aliphatic heterocycles. The molecule has 0 unspecified atom stereocenters. The summed E-state index contributed by atoms with van der Waals surface area (Å²) in [5.41, 5.74) is 6.53. The molecule has 0 aromatic heterocycles. The highest BCUT2D eigenvalue weighted by molar-refractivity contribution is 6.30. The molecule has 0 bridgehead atoms. The van der Waals surface area contributed by atoms with Crippen LogP contribution in [0.25, 0.3) is 0 Å². The lowest BCUT2D eigenvalue weighted by Crippen LogP contribution is -2.21. The minimum absolute atomic E-state index is 0.290. The number of hydrogen-bond donors (Lipinski definition) is 2. The third-order valence-electron chi connectivity index (χ3n) is 4.07. The standard InChI is InChI=1S/C21H18ClF3N2O/c22-16-4-8-18(9-5-16)28-19-10-6-17(7-11-19)27-13-20(26)14-2-1-3-15(12-14)21(23,24)25/h1-12,20,27H,13,26H2/t20-/m1/s1. The lowest BCUT2D eigenvalue weighted by atomic mass is 10.0. The molecule has 3 aromatic rings. The highest BCUT2D eigenvalue weighted by Crippen LogP contribution is 2.30. The van der Waals surface area contributed by atoms with Crippen LogP contribution in [-0.4, -0.2) is 6.54 Å². The molecule has 0 radical (unpaired) electrons. The van der Waals surface area contributed by atoms with E-state index in [9.17, 15) is 13.2 Å². The monoisotopic (exact) mass is 406 g/mol. The quantitative estimate of drug-likeness (QED) is 0.507. The van der Waals surface area contributed by atoms with Gasteiger partial charge in [0.2, 0.25) is 0 Å². The van der Waals surface area contributed by atoms with Gasteiger partial charge in [-0.3, -0.25) is 0 Å². The van der Waals surface area contributed by atoms with Crippen LogP contribution in [0.5, 0.6) is 11.5 Å². The molecule has 0 aliphatic carbocycles. The molecule has 0 heterocycles. The smallest absolute Gasteiger partial charge is 0.416 e. The topological polar surface area (TPSA) is 47.3 Å². The molecule has 0 saturated heterocycles. The summed E-state index contributed by atoms with van der Waals surface area (Å²) >= 11 is 5.84. The van der Waals surface area contributed by atoms with E-state index in [0.29, 0.717) is 28.6 Å². The molecule has 3 rings (SSSR count). The molecule has 3 aromatic carbocycles. The van der Waals surface area contributed by atoms with Gasteiger partial charge in [0.15, 0.2) is 0 Å².